The average molecular weight is 356 g/mol. The Labute approximate surface area is 148 Å². The summed E-state index contributed by atoms with van der Waals surface area (Å²) in [5.41, 5.74) is 0.385. The largest absolute Gasteiger partial charge is 0.507 e. The Hall–Kier alpha value is -3.55. The predicted octanol–water partition coefficient (Wildman–Crippen LogP) is 1.84. The summed E-state index contributed by atoms with van der Waals surface area (Å²) in [5.74, 6) is -2.23. The molecule has 0 radical (unpaired) electrons. The topological polar surface area (TPSA) is 116 Å². The number of para-hydroxylation sites is 2. The number of rotatable bonds is 5. The van der Waals surface area contributed by atoms with E-state index in [4.69, 9.17) is 9.84 Å². The van der Waals surface area contributed by atoms with Crippen LogP contribution in [0.2, 0.25) is 0 Å². The van der Waals surface area contributed by atoms with Gasteiger partial charge in [-0.05, 0) is 24.3 Å². The van der Waals surface area contributed by atoms with Crippen molar-refractivity contribution >= 4 is 29.2 Å². The monoisotopic (exact) mass is 356 g/mol. The number of nitrogens with one attached hydrogen (secondary N) is 1. The van der Waals surface area contributed by atoms with Gasteiger partial charge in [0.15, 0.2) is 0 Å². The minimum atomic E-state index is -1.30. The number of anilines is 2. The van der Waals surface area contributed by atoms with Crippen LogP contribution < -0.4 is 15.0 Å². The fourth-order valence-electron chi connectivity index (χ4n) is 2.81. The molecule has 0 bridgehead atoms. The lowest BCUT2D eigenvalue weighted by molar-refractivity contribution is -0.121. The molecule has 8 nitrogen and oxygen atoms in total. The van der Waals surface area contributed by atoms with E-state index in [9.17, 15) is 19.5 Å². The number of carboxylic acid groups (broad SMARTS) is 1. The molecule has 8 heteroatoms. The molecule has 0 spiro atoms. The lowest BCUT2D eigenvalue weighted by atomic mass is 10.1. The molecule has 2 aromatic carbocycles. The molecular weight excluding hydrogens is 340 g/mol. The zero-order chi connectivity index (χ0) is 18.8. The van der Waals surface area contributed by atoms with Gasteiger partial charge in [-0.1, -0.05) is 12.1 Å². The molecule has 1 unspecified atom stereocenters. The van der Waals surface area contributed by atoms with E-state index in [1.807, 2.05) is 0 Å². The number of nitrogens with zero attached hydrogens (tertiary/aromatic N) is 1. The van der Waals surface area contributed by atoms with Crippen LogP contribution in [0.5, 0.6) is 11.5 Å². The maximum Gasteiger partial charge on any atom is 0.339 e. The first-order valence-corrected chi connectivity index (χ1v) is 7.75. The second kappa shape index (κ2) is 6.75. The first-order valence-electron chi connectivity index (χ1n) is 7.75. The smallest absolute Gasteiger partial charge is 0.339 e. The standard InChI is InChI=1S/C18H16N2O6/c1-26-15-5-3-2-4-12(15)19-13-9-16(22)20(17(13)23)10-6-7-11(18(24)25)14(21)8-10/h2-8,13,19,21H,9H2,1H3,(H,24,25). The van der Waals surface area contributed by atoms with Gasteiger partial charge in [0, 0.05) is 6.07 Å². The highest BCUT2D eigenvalue weighted by Crippen LogP contribution is 2.31. The van der Waals surface area contributed by atoms with Gasteiger partial charge in [0.25, 0.3) is 5.91 Å². The summed E-state index contributed by atoms with van der Waals surface area (Å²) in [6, 6.07) is 9.76. The van der Waals surface area contributed by atoms with Crippen molar-refractivity contribution in [1.82, 2.24) is 0 Å². The zero-order valence-electron chi connectivity index (χ0n) is 13.8. The molecule has 0 aliphatic carbocycles. The molecule has 1 aliphatic rings. The number of hydrogen-bond acceptors (Lipinski definition) is 6. The quantitative estimate of drug-likeness (QED) is 0.700. The highest BCUT2D eigenvalue weighted by molar-refractivity contribution is 6.23. The van der Waals surface area contributed by atoms with E-state index in [2.05, 4.69) is 5.32 Å². The van der Waals surface area contributed by atoms with Gasteiger partial charge in [-0.25, -0.2) is 9.69 Å². The van der Waals surface area contributed by atoms with Crippen molar-refractivity contribution in [1.29, 1.82) is 0 Å². The number of methoxy groups -OCH3 is 1. The zero-order valence-corrected chi connectivity index (χ0v) is 13.8. The van der Waals surface area contributed by atoms with Gasteiger partial charge in [-0.2, -0.15) is 0 Å². The summed E-state index contributed by atoms with van der Waals surface area (Å²) in [6.07, 6.45) is -0.0711. The molecule has 0 saturated carbocycles. The fraction of sp³-hybridized carbons (Fsp3) is 0.167. The lowest BCUT2D eigenvalue weighted by Gasteiger charge is -2.17. The van der Waals surface area contributed by atoms with Crippen LogP contribution in [0.1, 0.15) is 16.8 Å². The molecule has 1 heterocycles. The van der Waals surface area contributed by atoms with Crippen molar-refractivity contribution in [2.24, 2.45) is 0 Å². The average Bonchev–Trinajstić information content (AvgIpc) is 2.88. The van der Waals surface area contributed by atoms with Crippen LogP contribution in [0.15, 0.2) is 42.5 Å². The second-order valence-corrected chi connectivity index (χ2v) is 5.68. The van der Waals surface area contributed by atoms with Crippen LogP contribution >= 0.6 is 0 Å². The molecule has 2 aromatic rings. The molecule has 3 rings (SSSR count). The summed E-state index contributed by atoms with van der Waals surface area (Å²) in [7, 11) is 1.50. The highest BCUT2D eigenvalue weighted by atomic mass is 16.5. The van der Waals surface area contributed by atoms with Crippen molar-refractivity contribution in [3.8, 4) is 11.5 Å². The molecule has 1 aliphatic heterocycles. The molecule has 1 saturated heterocycles. The fourth-order valence-corrected chi connectivity index (χ4v) is 2.81. The number of ether oxygens (including phenoxy) is 1. The van der Waals surface area contributed by atoms with Crippen molar-refractivity contribution in [3.63, 3.8) is 0 Å². The molecule has 2 amide bonds. The Bertz CT molecular complexity index is 895. The summed E-state index contributed by atoms with van der Waals surface area (Å²) < 4.78 is 5.22. The van der Waals surface area contributed by atoms with Gasteiger partial charge in [-0.3, -0.25) is 9.59 Å². The van der Waals surface area contributed by atoms with E-state index < -0.39 is 29.6 Å². The third-order valence-electron chi connectivity index (χ3n) is 4.05. The summed E-state index contributed by atoms with van der Waals surface area (Å²) in [5, 5.41) is 21.7. The van der Waals surface area contributed by atoms with E-state index in [0.717, 1.165) is 17.0 Å². The molecular formula is C18H16N2O6. The van der Waals surface area contributed by atoms with Crippen LogP contribution in [0.25, 0.3) is 0 Å². The minimum Gasteiger partial charge on any atom is -0.507 e. The van der Waals surface area contributed by atoms with E-state index in [1.54, 1.807) is 24.3 Å². The van der Waals surface area contributed by atoms with Crippen molar-refractivity contribution in [3.05, 3.63) is 48.0 Å². The maximum absolute atomic E-state index is 12.7. The van der Waals surface area contributed by atoms with Crippen molar-refractivity contribution in [2.75, 3.05) is 17.3 Å². The van der Waals surface area contributed by atoms with Gasteiger partial charge >= 0.3 is 5.97 Å². The number of aromatic carboxylic acids is 1. The van der Waals surface area contributed by atoms with Gasteiger partial charge in [0.2, 0.25) is 5.91 Å². The minimum absolute atomic E-state index is 0.0711. The molecule has 134 valence electrons. The molecule has 1 atom stereocenters. The normalized spacial score (nSPS) is 16.7. The van der Waals surface area contributed by atoms with Crippen LogP contribution in [0.4, 0.5) is 11.4 Å². The Kier molecular flexibility index (Phi) is 4.49. The number of carbonyl (C=O) groups excluding carboxylic acids is 2. The Balaban J connectivity index is 1.85. The first kappa shape index (κ1) is 17.3. The number of aromatic hydroxyl groups is 1. The van der Waals surface area contributed by atoms with Crippen LogP contribution in [0, 0.1) is 0 Å². The van der Waals surface area contributed by atoms with E-state index in [-0.39, 0.29) is 17.7 Å². The number of hydrogen-bond donors (Lipinski definition) is 3. The third kappa shape index (κ3) is 3.04. The van der Waals surface area contributed by atoms with E-state index >= 15 is 0 Å². The van der Waals surface area contributed by atoms with Gasteiger partial charge in [-0.15, -0.1) is 0 Å². The van der Waals surface area contributed by atoms with E-state index in [1.165, 1.54) is 13.2 Å². The molecule has 26 heavy (non-hydrogen) atoms. The molecule has 0 aromatic heterocycles. The number of amides is 2. The lowest BCUT2D eigenvalue weighted by Crippen LogP contribution is -2.34. The molecule has 3 N–H and O–H groups in total. The maximum atomic E-state index is 12.7. The summed E-state index contributed by atoms with van der Waals surface area (Å²) in [6.45, 7) is 0. The third-order valence-corrected chi connectivity index (χ3v) is 4.05. The number of imide groups is 1. The van der Waals surface area contributed by atoms with Gasteiger partial charge < -0.3 is 20.3 Å². The van der Waals surface area contributed by atoms with Crippen LogP contribution in [-0.4, -0.2) is 41.1 Å². The van der Waals surface area contributed by atoms with Crippen LogP contribution in [0.3, 0.4) is 0 Å². The number of benzene rings is 2. The van der Waals surface area contributed by atoms with Crippen molar-refractivity contribution in [2.45, 2.75) is 12.5 Å². The highest BCUT2D eigenvalue weighted by Gasteiger charge is 2.40. The Morgan fingerprint density at radius 1 is 1.23 bits per heavy atom. The molecule has 1 fully saturated rings. The van der Waals surface area contributed by atoms with Crippen LogP contribution in [-0.2, 0) is 9.59 Å². The number of carboxylic acids is 1. The van der Waals surface area contributed by atoms with E-state index in [0.29, 0.717) is 11.4 Å². The number of phenols is 1. The Morgan fingerprint density at radius 2 is 1.96 bits per heavy atom. The van der Waals surface area contributed by atoms with Gasteiger partial charge in [0.1, 0.15) is 23.1 Å². The Morgan fingerprint density at radius 3 is 2.62 bits per heavy atom. The predicted molar refractivity (Wildman–Crippen MR) is 92.6 cm³/mol. The summed E-state index contributed by atoms with van der Waals surface area (Å²) in [4.78, 5) is 36.9. The second-order valence-electron chi connectivity index (χ2n) is 5.68. The summed E-state index contributed by atoms with van der Waals surface area (Å²) >= 11 is 0. The van der Waals surface area contributed by atoms with Gasteiger partial charge in [0.05, 0.1) is 24.9 Å². The SMILES string of the molecule is COc1ccccc1NC1CC(=O)N(c2ccc(C(=O)O)c(O)c2)C1=O. The first-order chi connectivity index (χ1) is 12.4. The number of carbonyl (C=O) groups is 3. The van der Waals surface area contributed by atoms with Crippen molar-refractivity contribution < 1.29 is 29.3 Å².